The Morgan fingerprint density at radius 3 is 2.50 bits per heavy atom. The molecule has 0 saturated carbocycles. The first kappa shape index (κ1) is 23.2. The molecule has 1 heterocycles. The molecule has 1 aromatic heterocycles. The number of halogens is 1. The Morgan fingerprint density at radius 1 is 1.12 bits per heavy atom. The molecule has 0 unspecified atom stereocenters. The van der Waals surface area contributed by atoms with E-state index in [1.807, 2.05) is 45.0 Å². The molecule has 8 heteroatoms. The van der Waals surface area contributed by atoms with Gasteiger partial charge in [-0.3, -0.25) is 9.99 Å². The number of pyridine rings is 1. The molecule has 2 aromatic carbocycles. The minimum atomic E-state index is -0.539. The Bertz CT molecular complexity index is 1120. The van der Waals surface area contributed by atoms with E-state index < -0.39 is 6.03 Å². The van der Waals surface area contributed by atoms with Crippen LogP contribution in [0.25, 0.3) is 11.3 Å². The van der Waals surface area contributed by atoms with Crippen LogP contribution in [-0.4, -0.2) is 23.1 Å². The number of benzene rings is 2. The highest BCUT2D eigenvalue weighted by molar-refractivity contribution is 5.91. The number of rotatable bonds is 6. The number of carbonyl (C=O) groups excluding carboxylic acids is 1. The monoisotopic (exact) mass is 437 g/mol. The minimum Gasteiger partial charge on any atom is -0.489 e. The highest BCUT2D eigenvalue weighted by atomic mass is 19.1. The zero-order valence-electron chi connectivity index (χ0n) is 18.7. The Hall–Kier alpha value is -3.49. The summed E-state index contributed by atoms with van der Waals surface area (Å²) in [6, 6.07) is 12.0. The summed E-state index contributed by atoms with van der Waals surface area (Å²) in [6.07, 6.45) is 1.95. The van der Waals surface area contributed by atoms with E-state index in [4.69, 9.17) is 16.4 Å². The fourth-order valence-electron chi connectivity index (χ4n) is 3.52. The molecule has 4 N–H and O–H groups in total. The Kier molecular flexibility index (Phi) is 7.07. The van der Waals surface area contributed by atoms with Crippen molar-refractivity contribution < 1.29 is 13.9 Å². The van der Waals surface area contributed by atoms with E-state index in [1.165, 1.54) is 19.3 Å². The van der Waals surface area contributed by atoms with Crippen LogP contribution in [0, 0.1) is 19.7 Å². The lowest BCUT2D eigenvalue weighted by molar-refractivity contribution is 0.216. The van der Waals surface area contributed by atoms with Gasteiger partial charge in [0.2, 0.25) is 0 Å². The van der Waals surface area contributed by atoms with E-state index in [9.17, 15) is 9.18 Å². The molecular formula is C24H28FN5O2. The summed E-state index contributed by atoms with van der Waals surface area (Å²) in [5.74, 6) is 12.0. The third kappa shape index (κ3) is 4.87. The fraction of sp³-hybridized carbons (Fsp3) is 0.250. The topological polar surface area (TPSA) is 97.7 Å². The minimum absolute atomic E-state index is 0.225. The van der Waals surface area contributed by atoms with Gasteiger partial charge in [-0.2, -0.15) is 0 Å². The van der Waals surface area contributed by atoms with Gasteiger partial charge in [0.1, 0.15) is 18.2 Å². The molecule has 0 saturated heterocycles. The molecule has 0 aliphatic rings. The van der Waals surface area contributed by atoms with Crippen molar-refractivity contribution in [2.45, 2.75) is 33.8 Å². The molecule has 0 radical (unpaired) electrons. The van der Waals surface area contributed by atoms with Gasteiger partial charge in [0, 0.05) is 18.2 Å². The lowest BCUT2D eigenvalue weighted by atomic mass is 10.0. The standard InChI is InChI=1S/C24H28FN5O2/c1-5-17-7-6-8-22(30(27)24(31)29(4)26)20(17)14-32-23-12-15(2)19(11-16(23)3)21-10-9-18(25)13-28-21/h6-13H,5,14,26-27H2,1-4H3. The summed E-state index contributed by atoms with van der Waals surface area (Å²) < 4.78 is 19.4. The third-order valence-electron chi connectivity index (χ3n) is 5.29. The molecule has 7 nitrogen and oxygen atoms in total. The van der Waals surface area contributed by atoms with E-state index in [0.717, 1.165) is 44.3 Å². The van der Waals surface area contributed by atoms with Crippen LogP contribution in [0.1, 0.15) is 29.2 Å². The van der Waals surface area contributed by atoms with Crippen molar-refractivity contribution in [3.8, 4) is 17.0 Å². The molecule has 0 bridgehead atoms. The van der Waals surface area contributed by atoms with Crippen molar-refractivity contribution in [1.29, 1.82) is 0 Å². The van der Waals surface area contributed by atoms with Crippen LogP contribution in [0.3, 0.4) is 0 Å². The molecular weight excluding hydrogens is 409 g/mol. The van der Waals surface area contributed by atoms with E-state index in [0.29, 0.717) is 17.1 Å². The van der Waals surface area contributed by atoms with Crippen LogP contribution in [0.5, 0.6) is 5.75 Å². The maximum Gasteiger partial charge on any atom is 0.352 e. The number of hydrazine groups is 2. The van der Waals surface area contributed by atoms with Crippen molar-refractivity contribution in [3.05, 3.63) is 76.7 Å². The number of nitrogens with zero attached hydrogens (tertiary/aromatic N) is 3. The van der Waals surface area contributed by atoms with E-state index in [1.54, 1.807) is 12.1 Å². The van der Waals surface area contributed by atoms with Crippen molar-refractivity contribution in [3.63, 3.8) is 0 Å². The number of amides is 2. The first-order chi connectivity index (χ1) is 15.2. The zero-order chi connectivity index (χ0) is 23.4. The van der Waals surface area contributed by atoms with Crippen LogP contribution < -0.4 is 21.4 Å². The normalized spacial score (nSPS) is 10.7. The summed E-state index contributed by atoms with van der Waals surface area (Å²) >= 11 is 0. The summed E-state index contributed by atoms with van der Waals surface area (Å²) in [4.78, 5) is 16.5. The number of urea groups is 1. The number of hydrogen-bond acceptors (Lipinski definition) is 5. The molecule has 32 heavy (non-hydrogen) atoms. The predicted octanol–water partition coefficient (Wildman–Crippen LogP) is 4.25. The maximum atomic E-state index is 13.2. The average Bonchev–Trinajstić information content (AvgIpc) is 2.78. The van der Waals surface area contributed by atoms with Gasteiger partial charge in [-0.05, 0) is 67.3 Å². The lowest BCUT2D eigenvalue weighted by Crippen LogP contribution is -2.49. The third-order valence-corrected chi connectivity index (χ3v) is 5.29. The first-order valence-corrected chi connectivity index (χ1v) is 10.3. The van der Waals surface area contributed by atoms with Crippen LogP contribution in [0.4, 0.5) is 14.9 Å². The second-order valence-electron chi connectivity index (χ2n) is 7.61. The molecule has 3 rings (SSSR count). The maximum absolute atomic E-state index is 13.2. The quantitative estimate of drug-likeness (QED) is 0.341. The largest absolute Gasteiger partial charge is 0.489 e. The molecule has 0 aliphatic carbocycles. The summed E-state index contributed by atoms with van der Waals surface area (Å²) in [7, 11) is 1.44. The van der Waals surface area contributed by atoms with Crippen molar-refractivity contribution in [2.75, 3.05) is 12.1 Å². The van der Waals surface area contributed by atoms with Crippen LogP contribution in [-0.2, 0) is 13.0 Å². The summed E-state index contributed by atoms with van der Waals surface area (Å²) in [5.41, 5.74) is 5.84. The van der Waals surface area contributed by atoms with Gasteiger partial charge in [0.25, 0.3) is 0 Å². The number of carbonyl (C=O) groups is 1. The molecule has 0 aliphatic heterocycles. The molecule has 0 spiro atoms. The van der Waals surface area contributed by atoms with Gasteiger partial charge >= 0.3 is 6.03 Å². The first-order valence-electron chi connectivity index (χ1n) is 10.3. The molecule has 2 amide bonds. The number of ether oxygens (including phenoxy) is 1. The SMILES string of the molecule is CCc1cccc(N(N)C(=O)N(C)N)c1COc1cc(C)c(-c2ccc(F)cn2)cc1C. The predicted molar refractivity (Wildman–Crippen MR) is 123 cm³/mol. The number of nitrogens with two attached hydrogens (primary N) is 2. The van der Waals surface area contributed by atoms with Crippen molar-refractivity contribution in [1.82, 2.24) is 9.99 Å². The van der Waals surface area contributed by atoms with Crippen LogP contribution in [0.2, 0.25) is 0 Å². The van der Waals surface area contributed by atoms with E-state index in [-0.39, 0.29) is 12.4 Å². The number of anilines is 1. The Balaban J connectivity index is 1.90. The van der Waals surface area contributed by atoms with Crippen molar-refractivity contribution >= 4 is 11.7 Å². The molecule has 3 aromatic rings. The lowest BCUT2D eigenvalue weighted by Gasteiger charge is -2.25. The summed E-state index contributed by atoms with van der Waals surface area (Å²) in [5, 5.41) is 1.96. The van der Waals surface area contributed by atoms with Crippen LogP contribution >= 0.6 is 0 Å². The van der Waals surface area contributed by atoms with Gasteiger partial charge in [0.15, 0.2) is 0 Å². The highest BCUT2D eigenvalue weighted by Gasteiger charge is 2.20. The van der Waals surface area contributed by atoms with Crippen molar-refractivity contribution in [2.24, 2.45) is 11.7 Å². The molecule has 0 fully saturated rings. The van der Waals surface area contributed by atoms with Gasteiger partial charge in [-0.25, -0.2) is 25.9 Å². The van der Waals surface area contributed by atoms with Gasteiger partial charge in [0.05, 0.1) is 17.6 Å². The molecule has 0 atom stereocenters. The number of aryl methyl sites for hydroxylation is 3. The molecule has 168 valence electrons. The smallest absolute Gasteiger partial charge is 0.352 e. The zero-order valence-corrected chi connectivity index (χ0v) is 18.7. The number of hydrogen-bond donors (Lipinski definition) is 2. The van der Waals surface area contributed by atoms with Gasteiger partial charge < -0.3 is 4.74 Å². The Labute approximate surface area is 187 Å². The average molecular weight is 438 g/mol. The second kappa shape index (κ2) is 9.76. The summed E-state index contributed by atoms with van der Waals surface area (Å²) in [6.45, 7) is 6.15. The van der Waals surface area contributed by atoms with E-state index >= 15 is 0 Å². The second-order valence-corrected chi connectivity index (χ2v) is 7.61. The number of aromatic nitrogens is 1. The fourth-order valence-corrected chi connectivity index (χ4v) is 3.52. The van der Waals surface area contributed by atoms with E-state index in [2.05, 4.69) is 4.98 Å². The Morgan fingerprint density at radius 2 is 1.88 bits per heavy atom. The van der Waals surface area contributed by atoms with Gasteiger partial charge in [-0.1, -0.05) is 19.1 Å². The highest BCUT2D eigenvalue weighted by Crippen LogP contribution is 2.31. The van der Waals surface area contributed by atoms with Gasteiger partial charge in [-0.15, -0.1) is 0 Å². The van der Waals surface area contributed by atoms with Crippen LogP contribution in [0.15, 0.2) is 48.7 Å².